The fourth-order valence-corrected chi connectivity index (χ4v) is 2.62. The highest BCUT2D eigenvalue weighted by Gasteiger charge is 2.15. The van der Waals surface area contributed by atoms with Gasteiger partial charge >= 0.3 is 0 Å². The molecule has 0 aliphatic carbocycles. The van der Waals surface area contributed by atoms with Gasteiger partial charge in [0, 0.05) is 5.02 Å². The number of hydrogen-bond donors (Lipinski definition) is 1. The van der Waals surface area contributed by atoms with Crippen LogP contribution in [-0.4, -0.2) is 38.6 Å². The number of halogens is 1. The van der Waals surface area contributed by atoms with Crippen molar-refractivity contribution in [1.82, 2.24) is 10.2 Å². The van der Waals surface area contributed by atoms with Crippen molar-refractivity contribution in [2.45, 2.75) is 32.6 Å². The van der Waals surface area contributed by atoms with Gasteiger partial charge in [-0.05, 0) is 76.1 Å². The molecule has 0 spiro atoms. The Morgan fingerprint density at radius 1 is 1.10 bits per heavy atom. The van der Waals surface area contributed by atoms with Crippen LogP contribution in [0.3, 0.4) is 0 Å². The predicted molar refractivity (Wildman–Crippen MR) is 89.7 cm³/mol. The highest BCUT2D eigenvalue weighted by Crippen LogP contribution is 2.28. The summed E-state index contributed by atoms with van der Waals surface area (Å²) in [6, 6.07) is 8.33. The van der Waals surface area contributed by atoms with E-state index in [1.54, 1.807) is 0 Å². The summed E-state index contributed by atoms with van der Waals surface area (Å²) >= 11 is 5.97. The molecule has 0 aliphatic heterocycles. The quantitative estimate of drug-likeness (QED) is 0.693. The third kappa shape index (κ3) is 6.74. The third-order valence-electron chi connectivity index (χ3n) is 3.69. The Bertz CT molecular complexity index is 360. The van der Waals surface area contributed by atoms with Crippen LogP contribution >= 0.6 is 11.6 Å². The van der Waals surface area contributed by atoms with E-state index in [2.05, 4.69) is 50.3 Å². The molecule has 0 heterocycles. The molecule has 1 rings (SSSR count). The minimum absolute atomic E-state index is 0.605. The summed E-state index contributed by atoms with van der Waals surface area (Å²) in [5, 5.41) is 4.37. The number of nitrogens with one attached hydrogen (secondary N) is 1. The van der Waals surface area contributed by atoms with Crippen molar-refractivity contribution < 1.29 is 0 Å². The molecule has 0 unspecified atom stereocenters. The smallest absolute Gasteiger partial charge is 0.0406 e. The molecule has 3 heteroatoms. The fourth-order valence-electron chi connectivity index (χ4n) is 2.50. The Kier molecular flexibility index (Phi) is 8.20. The van der Waals surface area contributed by atoms with Crippen molar-refractivity contribution in [3.8, 4) is 0 Å². The zero-order valence-electron chi connectivity index (χ0n) is 13.3. The van der Waals surface area contributed by atoms with Gasteiger partial charge in [-0.25, -0.2) is 0 Å². The predicted octanol–water partition coefficient (Wildman–Crippen LogP) is 4.01. The van der Waals surface area contributed by atoms with Gasteiger partial charge in [-0.15, -0.1) is 0 Å². The van der Waals surface area contributed by atoms with Crippen LogP contribution in [0.5, 0.6) is 0 Å². The summed E-state index contributed by atoms with van der Waals surface area (Å²) in [6.45, 7) is 7.93. The van der Waals surface area contributed by atoms with Gasteiger partial charge in [-0.2, -0.15) is 0 Å². The van der Waals surface area contributed by atoms with E-state index in [9.17, 15) is 0 Å². The van der Waals surface area contributed by atoms with Crippen LogP contribution in [0, 0.1) is 5.92 Å². The molecule has 0 fully saturated rings. The lowest BCUT2D eigenvalue weighted by atomic mass is 9.86. The first kappa shape index (κ1) is 17.5. The second-order valence-electron chi connectivity index (χ2n) is 6.10. The van der Waals surface area contributed by atoms with Crippen LogP contribution in [0.15, 0.2) is 24.3 Å². The molecule has 20 heavy (non-hydrogen) atoms. The normalized spacial score (nSPS) is 13.2. The average molecular weight is 297 g/mol. The molecule has 0 aromatic heterocycles. The Balaban J connectivity index is 2.35. The molecule has 114 valence electrons. The molecule has 1 aromatic rings. The molecule has 1 N–H and O–H groups in total. The van der Waals surface area contributed by atoms with Crippen molar-refractivity contribution in [2.24, 2.45) is 5.92 Å². The van der Waals surface area contributed by atoms with Gasteiger partial charge in [0.25, 0.3) is 0 Å². The maximum atomic E-state index is 5.97. The molecule has 0 saturated carbocycles. The number of nitrogens with zero attached hydrogens (tertiary/aromatic N) is 1. The molecule has 0 bridgehead atoms. The first-order valence-corrected chi connectivity index (χ1v) is 7.99. The Labute approximate surface area is 129 Å². The summed E-state index contributed by atoms with van der Waals surface area (Å²) in [7, 11) is 4.24. The molecule has 0 radical (unpaired) electrons. The van der Waals surface area contributed by atoms with E-state index in [1.165, 1.54) is 18.4 Å². The molecular weight excluding hydrogens is 268 g/mol. The number of rotatable bonds is 9. The molecule has 1 atom stereocenters. The summed E-state index contributed by atoms with van der Waals surface area (Å²) in [5.74, 6) is 1.26. The lowest BCUT2D eigenvalue weighted by Gasteiger charge is -2.22. The van der Waals surface area contributed by atoms with Crippen LogP contribution < -0.4 is 5.32 Å². The van der Waals surface area contributed by atoms with Crippen LogP contribution in [0.4, 0.5) is 0 Å². The van der Waals surface area contributed by atoms with E-state index in [4.69, 9.17) is 11.6 Å². The van der Waals surface area contributed by atoms with Crippen LogP contribution in [0.25, 0.3) is 0 Å². The van der Waals surface area contributed by atoms with E-state index in [1.807, 2.05) is 12.1 Å². The highest BCUT2D eigenvalue weighted by atomic mass is 35.5. The van der Waals surface area contributed by atoms with Gasteiger partial charge in [-0.1, -0.05) is 37.6 Å². The minimum Gasteiger partial charge on any atom is -0.317 e. The largest absolute Gasteiger partial charge is 0.317 e. The third-order valence-corrected chi connectivity index (χ3v) is 3.95. The van der Waals surface area contributed by atoms with E-state index < -0.39 is 0 Å². The van der Waals surface area contributed by atoms with Crippen molar-refractivity contribution in [3.05, 3.63) is 34.9 Å². The Hall–Kier alpha value is -0.570. The molecule has 0 aliphatic rings. The summed E-state index contributed by atoms with van der Waals surface area (Å²) < 4.78 is 0. The van der Waals surface area contributed by atoms with Gasteiger partial charge in [-0.3, -0.25) is 0 Å². The maximum Gasteiger partial charge on any atom is 0.0406 e. The monoisotopic (exact) mass is 296 g/mol. The zero-order valence-corrected chi connectivity index (χ0v) is 14.1. The molecule has 1 aromatic carbocycles. The second kappa shape index (κ2) is 9.38. The zero-order chi connectivity index (χ0) is 15.0. The number of hydrogen-bond acceptors (Lipinski definition) is 2. The maximum absolute atomic E-state index is 5.97. The molecule has 2 nitrogen and oxygen atoms in total. The lowest BCUT2D eigenvalue weighted by molar-refractivity contribution is 0.390. The van der Waals surface area contributed by atoms with Gasteiger partial charge in [0.05, 0.1) is 0 Å². The van der Waals surface area contributed by atoms with E-state index in [-0.39, 0.29) is 0 Å². The Morgan fingerprint density at radius 2 is 1.75 bits per heavy atom. The van der Waals surface area contributed by atoms with Crippen molar-refractivity contribution >= 4 is 11.6 Å². The SMILES string of the molecule is CC(C)[C@H](CCNCCCN(C)C)c1ccc(Cl)cc1. The summed E-state index contributed by atoms with van der Waals surface area (Å²) in [4.78, 5) is 2.23. The van der Waals surface area contributed by atoms with E-state index >= 15 is 0 Å². The first-order valence-electron chi connectivity index (χ1n) is 7.61. The topological polar surface area (TPSA) is 15.3 Å². The fraction of sp³-hybridized carbons (Fsp3) is 0.647. The Morgan fingerprint density at radius 3 is 2.30 bits per heavy atom. The highest BCUT2D eigenvalue weighted by molar-refractivity contribution is 6.30. The number of benzene rings is 1. The van der Waals surface area contributed by atoms with Crippen LogP contribution in [0.2, 0.25) is 5.02 Å². The minimum atomic E-state index is 0.605. The molecular formula is C17H29ClN2. The molecule has 0 saturated heterocycles. The first-order chi connectivity index (χ1) is 9.50. The van der Waals surface area contributed by atoms with Gasteiger partial charge in [0.15, 0.2) is 0 Å². The van der Waals surface area contributed by atoms with E-state index in [0.717, 1.165) is 24.7 Å². The van der Waals surface area contributed by atoms with Gasteiger partial charge in [0.2, 0.25) is 0 Å². The summed E-state index contributed by atoms with van der Waals surface area (Å²) in [6.07, 6.45) is 2.39. The van der Waals surface area contributed by atoms with Gasteiger partial charge in [0.1, 0.15) is 0 Å². The van der Waals surface area contributed by atoms with Crippen molar-refractivity contribution in [1.29, 1.82) is 0 Å². The lowest BCUT2D eigenvalue weighted by Crippen LogP contribution is -2.24. The average Bonchev–Trinajstić information content (AvgIpc) is 2.38. The van der Waals surface area contributed by atoms with Crippen LogP contribution in [-0.2, 0) is 0 Å². The molecule has 0 amide bonds. The van der Waals surface area contributed by atoms with E-state index in [0.29, 0.717) is 11.8 Å². The van der Waals surface area contributed by atoms with Crippen molar-refractivity contribution in [2.75, 3.05) is 33.7 Å². The second-order valence-corrected chi connectivity index (χ2v) is 6.53. The van der Waals surface area contributed by atoms with Crippen LogP contribution in [0.1, 0.15) is 38.2 Å². The van der Waals surface area contributed by atoms with Crippen molar-refractivity contribution in [3.63, 3.8) is 0 Å². The standard InChI is InChI=1S/C17H29ClN2/c1-14(2)17(15-6-8-16(18)9-7-15)10-12-19-11-5-13-20(3)4/h6-9,14,17,19H,5,10-13H2,1-4H3/t17-/m0/s1. The van der Waals surface area contributed by atoms with Gasteiger partial charge < -0.3 is 10.2 Å². The summed E-state index contributed by atoms with van der Waals surface area (Å²) in [5.41, 5.74) is 1.40.